The molecule has 2 aromatic rings. The Morgan fingerprint density at radius 3 is 2.32 bits per heavy atom. The van der Waals surface area contributed by atoms with Crippen molar-refractivity contribution in [3.8, 4) is 5.75 Å². The zero-order chi connectivity index (χ0) is 20.2. The van der Waals surface area contributed by atoms with Crippen LogP contribution in [-0.4, -0.2) is 25.8 Å². The molecule has 1 unspecified atom stereocenters. The summed E-state index contributed by atoms with van der Waals surface area (Å²) in [6, 6.07) is 15.4. The molecule has 6 nitrogen and oxygen atoms in total. The third-order valence-electron chi connectivity index (χ3n) is 4.06. The van der Waals surface area contributed by atoms with Gasteiger partial charge in [0.05, 0.1) is 13.2 Å². The molecule has 0 N–H and O–H groups in total. The number of hydrogen-bond acceptors (Lipinski definition) is 6. The van der Waals surface area contributed by atoms with Gasteiger partial charge in [-0.15, -0.1) is 0 Å². The van der Waals surface area contributed by atoms with Gasteiger partial charge in [0.15, 0.2) is 6.61 Å². The Morgan fingerprint density at radius 1 is 1.11 bits per heavy atom. The monoisotopic (exact) mass is 424 g/mol. The number of carbonyl (C=O) groups is 1. The minimum atomic E-state index is -3.70. The Labute approximate surface area is 169 Å². The van der Waals surface area contributed by atoms with Crippen LogP contribution in [0.1, 0.15) is 25.3 Å². The van der Waals surface area contributed by atoms with Crippen molar-refractivity contribution in [2.24, 2.45) is 5.41 Å². The van der Waals surface area contributed by atoms with Crippen LogP contribution in [-0.2, 0) is 23.1 Å². The lowest BCUT2D eigenvalue weighted by atomic mass is 9.97. The zero-order valence-corrected chi connectivity index (χ0v) is 17.3. The number of ether oxygens (including phenoxy) is 2. The van der Waals surface area contributed by atoms with Crippen molar-refractivity contribution in [1.29, 1.82) is 0 Å². The van der Waals surface area contributed by atoms with Crippen LogP contribution in [0.4, 0.5) is 0 Å². The van der Waals surface area contributed by atoms with Gasteiger partial charge in [0, 0.05) is 16.0 Å². The highest BCUT2D eigenvalue weighted by molar-refractivity contribution is 7.54. The van der Waals surface area contributed by atoms with E-state index < -0.39 is 19.4 Å². The van der Waals surface area contributed by atoms with Crippen molar-refractivity contribution in [1.82, 2.24) is 0 Å². The van der Waals surface area contributed by atoms with Gasteiger partial charge in [0.25, 0.3) is 0 Å². The minimum Gasteiger partial charge on any atom is -0.482 e. The van der Waals surface area contributed by atoms with E-state index in [-0.39, 0.29) is 25.2 Å². The van der Waals surface area contributed by atoms with Crippen LogP contribution >= 0.6 is 19.2 Å². The van der Waals surface area contributed by atoms with E-state index in [9.17, 15) is 9.36 Å². The van der Waals surface area contributed by atoms with Gasteiger partial charge in [-0.1, -0.05) is 55.8 Å². The minimum absolute atomic E-state index is 0.242. The molecule has 1 aliphatic heterocycles. The van der Waals surface area contributed by atoms with Gasteiger partial charge >= 0.3 is 13.6 Å². The number of carbonyl (C=O) groups excluding carboxylic acids is 1. The van der Waals surface area contributed by atoms with Crippen molar-refractivity contribution in [3.05, 3.63) is 65.2 Å². The van der Waals surface area contributed by atoms with Gasteiger partial charge in [-0.25, -0.2) is 4.79 Å². The Morgan fingerprint density at radius 2 is 1.71 bits per heavy atom. The van der Waals surface area contributed by atoms with Gasteiger partial charge in [-0.2, -0.15) is 0 Å². The fourth-order valence-corrected chi connectivity index (χ4v) is 4.82. The topological polar surface area (TPSA) is 71.1 Å². The largest absolute Gasteiger partial charge is 0.482 e. The highest BCUT2D eigenvalue weighted by Gasteiger charge is 2.46. The molecule has 1 atom stereocenters. The molecule has 0 aliphatic carbocycles. The summed E-state index contributed by atoms with van der Waals surface area (Å²) in [5.41, 5.74) is 0.266. The first kappa shape index (κ1) is 20.9. The molecule has 8 heteroatoms. The van der Waals surface area contributed by atoms with Crippen LogP contribution in [0.25, 0.3) is 0 Å². The summed E-state index contributed by atoms with van der Waals surface area (Å²) < 4.78 is 35.3. The van der Waals surface area contributed by atoms with Gasteiger partial charge in [-0.3, -0.25) is 4.57 Å². The molecule has 0 amide bonds. The number of esters is 1. The predicted octanol–water partition coefficient (Wildman–Crippen LogP) is 5.23. The molecule has 0 radical (unpaired) electrons. The molecule has 2 aromatic carbocycles. The van der Waals surface area contributed by atoms with Crippen molar-refractivity contribution in [2.75, 3.05) is 19.8 Å². The van der Waals surface area contributed by atoms with Crippen molar-refractivity contribution in [3.63, 3.8) is 0 Å². The Balaban J connectivity index is 1.72. The molecule has 150 valence electrons. The molecule has 0 saturated carbocycles. The quantitative estimate of drug-likeness (QED) is 0.467. The first-order chi connectivity index (χ1) is 13.3. The first-order valence-electron chi connectivity index (χ1n) is 8.79. The molecular weight excluding hydrogens is 403 g/mol. The molecule has 0 aromatic heterocycles. The Bertz CT molecular complexity index is 839. The lowest BCUT2D eigenvalue weighted by Gasteiger charge is -2.36. The van der Waals surface area contributed by atoms with E-state index in [0.717, 1.165) is 0 Å². The summed E-state index contributed by atoms with van der Waals surface area (Å²) in [4.78, 5) is 12.4. The molecule has 28 heavy (non-hydrogen) atoms. The highest BCUT2D eigenvalue weighted by atomic mass is 35.5. The number of halogens is 1. The average molecular weight is 425 g/mol. The van der Waals surface area contributed by atoms with Crippen LogP contribution in [0.2, 0.25) is 5.02 Å². The van der Waals surface area contributed by atoms with Crippen LogP contribution in [0.3, 0.4) is 0 Å². The second-order valence-corrected chi connectivity index (χ2v) is 9.75. The SMILES string of the molecule is CC1(C)COP(=O)(C(OC(=O)COc2ccc(Cl)cc2)c2ccccc2)OC1. The van der Waals surface area contributed by atoms with E-state index >= 15 is 0 Å². The lowest BCUT2D eigenvalue weighted by Crippen LogP contribution is -2.31. The van der Waals surface area contributed by atoms with Gasteiger partial charge in [0.2, 0.25) is 5.85 Å². The fourth-order valence-electron chi connectivity index (χ4n) is 2.51. The highest BCUT2D eigenvalue weighted by Crippen LogP contribution is 2.64. The maximum absolute atomic E-state index is 13.3. The van der Waals surface area contributed by atoms with Gasteiger partial charge in [0.1, 0.15) is 5.75 Å². The maximum atomic E-state index is 13.3. The van der Waals surface area contributed by atoms with Crippen molar-refractivity contribution in [2.45, 2.75) is 19.7 Å². The molecule has 1 aliphatic rings. The van der Waals surface area contributed by atoms with E-state index in [1.165, 1.54) is 0 Å². The van der Waals surface area contributed by atoms with Crippen LogP contribution in [0, 0.1) is 5.41 Å². The van der Waals surface area contributed by atoms with Crippen molar-refractivity contribution >= 4 is 25.2 Å². The summed E-state index contributed by atoms with van der Waals surface area (Å²) >= 11 is 5.83. The fraction of sp³-hybridized carbons (Fsp3) is 0.350. The second-order valence-electron chi connectivity index (χ2n) is 7.25. The standard InChI is InChI=1S/C20H22ClO6P/c1-20(2)13-25-28(23,26-14-20)19(15-6-4-3-5-7-15)27-18(22)12-24-17-10-8-16(21)9-11-17/h3-11,19H,12-14H2,1-2H3. The molecule has 1 heterocycles. The summed E-state index contributed by atoms with van der Waals surface area (Å²) in [7, 11) is -3.70. The summed E-state index contributed by atoms with van der Waals surface area (Å²) in [5.74, 6) is -1.38. The first-order valence-corrected chi connectivity index (χ1v) is 10.8. The van der Waals surface area contributed by atoms with E-state index in [0.29, 0.717) is 16.3 Å². The van der Waals surface area contributed by atoms with Crippen molar-refractivity contribution < 1.29 is 27.9 Å². The van der Waals surface area contributed by atoms with E-state index in [2.05, 4.69) is 0 Å². The Hall–Kier alpha value is -1.85. The smallest absolute Gasteiger partial charge is 0.375 e. The molecule has 1 fully saturated rings. The third kappa shape index (κ3) is 5.36. The van der Waals surface area contributed by atoms with Crippen LogP contribution in [0.5, 0.6) is 5.75 Å². The number of hydrogen-bond donors (Lipinski definition) is 0. The second kappa shape index (κ2) is 8.66. The summed E-state index contributed by atoms with van der Waals surface area (Å²) in [5, 5.41) is 0.562. The third-order valence-corrected chi connectivity index (χ3v) is 6.26. The molecule has 0 spiro atoms. The molecule has 3 rings (SSSR count). The van der Waals surface area contributed by atoms with Crippen LogP contribution in [0.15, 0.2) is 54.6 Å². The van der Waals surface area contributed by atoms with Gasteiger partial charge in [-0.05, 0) is 24.3 Å². The van der Waals surface area contributed by atoms with E-state index in [1.54, 1.807) is 48.5 Å². The molecule has 0 bridgehead atoms. The molecule has 1 saturated heterocycles. The zero-order valence-electron chi connectivity index (χ0n) is 15.7. The number of rotatable bonds is 6. The number of benzene rings is 2. The maximum Gasteiger partial charge on any atom is 0.375 e. The summed E-state index contributed by atoms with van der Waals surface area (Å²) in [6.07, 6.45) is 0. The lowest BCUT2D eigenvalue weighted by molar-refractivity contribution is -0.149. The Kier molecular flexibility index (Phi) is 6.46. The predicted molar refractivity (Wildman–Crippen MR) is 106 cm³/mol. The summed E-state index contributed by atoms with van der Waals surface area (Å²) in [6.45, 7) is 4.02. The van der Waals surface area contributed by atoms with Crippen LogP contribution < -0.4 is 4.74 Å². The van der Waals surface area contributed by atoms with E-state index in [1.807, 2.05) is 19.9 Å². The molecular formula is C20H22ClO6P. The normalized spacial score (nSPS) is 18.8. The van der Waals surface area contributed by atoms with E-state index in [4.69, 9.17) is 30.1 Å². The van der Waals surface area contributed by atoms with Gasteiger partial charge < -0.3 is 18.5 Å². The average Bonchev–Trinajstić information content (AvgIpc) is 2.69.